The van der Waals surface area contributed by atoms with Gasteiger partial charge in [0.2, 0.25) is 0 Å². The Balaban J connectivity index is 1.97. The average Bonchev–Trinajstić information content (AvgIpc) is 2.47. The molecule has 4 heteroatoms. The first kappa shape index (κ1) is 15.8. The summed E-state index contributed by atoms with van der Waals surface area (Å²) < 4.78 is 5.61. The third-order valence-electron chi connectivity index (χ3n) is 2.92. The average molecular weight is 296 g/mol. The first-order valence-electron chi connectivity index (χ1n) is 7.21. The van der Waals surface area contributed by atoms with Crippen LogP contribution in [0.1, 0.15) is 35.3 Å². The van der Waals surface area contributed by atoms with E-state index in [0.29, 0.717) is 5.56 Å². The van der Waals surface area contributed by atoms with Crippen molar-refractivity contribution in [1.82, 2.24) is 5.43 Å². The van der Waals surface area contributed by atoms with E-state index in [9.17, 15) is 4.79 Å². The number of hydrogen-bond acceptors (Lipinski definition) is 3. The van der Waals surface area contributed by atoms with E-state index in [-0.39, 0.29) is 12.0 Å². The highest BCUT2D eigenvalue weighted by Crippen LogP contribution is 2.13. The van der Waals surface area contributed by atoms with E-state index < -0.39 is 0 Å². The lowest BCUT2D eigenvalue weighted by Gasteiger charge is -2.09. The second-order valence-electron chi connectivity index (χ2n) is 5.30. The van der Waals surface area contributed by atoms with Gasteiger partial charge in [-0.1, -0.05) is 29.8 Å². The highest BCUT2D eigenvalue weighted by molar-refractivity contribution is 5.94. The van der Waals surface area contributed by atoms with E-state index in [1.54, 1.807) is 18.3 Å². The predicted molar refractivity (Wildman–Crippen MR) is 88.4 cm³/mol. The summed E-state index contributed by atoms with van der Waals surface area (Å²) in [7, 11) is 0. The van der Waals surface area contributed by atoms with Crippen LogP contribution in [0, 0.1) is 6.92 Å². The molecule has 1 N–H and O–H groups in total. The number of benzene rings is 2. The SMILES string of the molecule is Cc1ccc(C(=O)N/N=C\c2cccc(OC(C)C)c2)cc1. The molecule has 4 nitrogen and oxygen atoms in total. The fourth-order valence-corrected chi connectivity index (χ4v) is 1.88. The predicted octanol–water partition coefficient (Wildman–Crippen LogP) is 3.55. The fraction of sp³-hybridized carbons (Fsp3) is 0.222. The maximum Gasteiger partial charge on any atom is 0.271 e. The number of carbonyl (C=O) groups excluding carboxylic acids is 1. The minimum absolute atomic E-state index is 0.119. The Morgan fingerprint density at radius 3 is 2.59 bits per heavy atom. The molecule has 0 heterocycles. The summed E-state index contributed by atoms with van der Waals surface area (Å²) in [6.07, 6.45) is 1.72. The number of ether oxygens (including phenoxy) is 1. The molecule has 0 bridgehead atoms. The standard InChI is InChI=1S/C18H20N2O2/c1-13(2)22-17-6-4-5-15(11-17)12-19-20-18(21)16-9-7-14(3)8-10-16/h4-13H,1-3H3,(H,20,21)/b19-12-. The maximum absolute atomic E-state index is 11.9. The normalized spacial score (nSPS) is 10.9. The molecular weight excluding hydrogens is 276 g/mol. The Kier molecular flexibility index (Phi) is 5.31. The lowest BCUT2D eigenvalue weighted by atomic mass is 10.1. The molecule has 0 fully saturated rings. The Bertz CT molecular complexity index is 661. The van der Waals surface area contributed by atoms with Crippen molar-refractivity contribution in [2.75, 3.05) is 0 Å². The van der Waals surface area contributed by atoms with Crippen molar-refractivity contribution in [2.45, 2.75) is 26.9 Å². The van der Waals surface area contributed by atoms with Gasteiger partial charge >= 0.3 is 0 Å². The number of amides is 1. The van der Waals surface area contributed by atoms with Crippen LogP contribution >= 0.6 is 0 Å². The zero-order valence-corrected chi connectivity index (χ0v) is 13.0. The number of hydrogen-bond donors (Lipinski definition) is 1. The van der Waals surface area contributed by atoms with Crippen LogP contribution < -0.4 is 10.2 Å². The molecule has 22 heavy (non-hydrogen) atoms. The quantitative estimate of drug-likeness (QED) is 0.677. The molecular formula is C18H20N2O2. The van der Waals surface area contributed by atoms with Gasteiger partial charge in [-0.05, 0) is 50.6 Å². The molecule has 0 unspecified atom stereocenters. The number of rotatable bonds is 5. The van der Waals surface area contributed by atoms with Crippen molar-refractivity contribution in [3.8, 4) is 5.75 Å². The van der Waals surface area contributed by atoms with Gasteiger partial charge in [0.25, 0.3) is 5.91 Å². The molecule has 0 saturated carbocycles. The van der Waals surface area contributed by atoms with Gasteiger partial charge in [0, 0.05) is 5.56 Å². The lowest BCUT2D eigenvalue weighted by Crippen LogP contribution is -2.17. The Morgan fingerprint density at radius 2 is 1.91 bits per heavy atom. The van der Waals surface area contributed by atoms with Crippen LogP contribution in [0.5, 0.6) is 5.75 Å². The van der Waals surface area contributed by atoms with Crippen molar-refractivity contribution in [3.63, 3.8) is 0 Å². The van der Waals surface area contributed by atoms with E-state index >= 15 is 0 Å². The molecule has 1 amide bonds. The summed E-state index contributed by atoms with van der Waals surface area (Å²) >= 11 is 0. The number of nitrogens with zero attached hydrogens (tertiary/aromatic N) is 1. The zero-order valence-electron chi connectivity index (χ0n) is 13.0. The summed E-state index contributed by atoms with van der Waals surface area (Å²) in [5.41, 5.74) is 5.08. The van der Waals surface area contributed by atoms with Gasteiger partial charge in [-0.15, -0.1) is 0 Å². The molecule has 0 spiro atoms. The van der Waals surface area contributed by atoms with Crippen LogP contribution in [0.4, 0.5) is 0 Å². The molecule has 0 saturated heterocycles. The fourth-order valence-electron chi connectivity index (χ4n) is 1.88. The van der Waals surface area contributed by atoms with Gasteiger partial charge in [-0.25, -0.2) is 5.43 Å². The first-order valence-corrected chi connectivity index (χ1v) is 7.21. The minimum Gasteiger partial charge on any atom is -0.491 e. The van der Waals surface area contributed by atoms with Crippen LogP contribution in [0.2, 0.25) is 0 Å². The van der Waals surface area contributed by atoms with Crippen LogP contribution in [-0.2, 0) is 0 Å². The van der Waals surface area contributed by atoms with Crippen molar-refractivity contribution in [1.29, 1.82) is 0 Å². The van der Waals surface area contributed by atoms with Gasteiger partial charge < -0.3 is 4.74 Å². The van der Waals surface area contributed by atoms with Crippen LogP contribution in [0.25, 0.3) is 0 Å². The summed E-state index contributed by atoms with van der Waals surface area (Å²) in [6.45, 7) is 5.93. The number of hydrazone groups is 1. The van der Waals surface area contributed by atoms with Crippen molar-refractivity contribution >= 4 is 12.1 Å². The van der Waals surface area contributed by atoms with E-state index in [4.69, 9.17) is 4.74 Å². The first-order chi connectivity index (χ1) is 10.5. The van der Waals surface area contributed by atoms with Crippen LogP contribution in [0.15, 0.2) is 53.6 Å². The molecule has 0 atom stereocenters. The summed E-state index contributed by atoms with van der Waals surface area (Å²) in [5, 5.41) is 3.98. The second-order valence-corrected chi connectivity index (χ2v) is 5.30. The van der Waals surface area contributed by atoms with Gasteiger partial charge in [-0.3, -0.25) is 4.79 Å². The number of carbonyl (C=O) groups is 1. The largest absolute Gasteiger partial charge is 0.491 e. The Hall–Kier alpha value is -2.62. The topological polar surface area (TPSA) is 50.7 Å². The number of aryl methyl sites for hydroxylation is 1. The minimum atomic E-state index is -0.231. The summed E-state index contributed by atoms with van der Waals surface area (Å²) in [6, 6.07) is 14.9. The van der Waals surface area contributed by atoms with E-state index in [0.717, 1.165) is 16.9 Å². The highest BCUT2D eigenvalue weighted by Gasteiger charge is 2.03. The molecule has 0 aromatic heterocycles. The van der Waals surface area contributed by atoms with Gasteiger partial charge in [0.05, 0.1) is 12.3 Å². The Labute approximate surface area is 130 Å². The lowest BCUT2D eigenvalue weighted by molar-refractivity contribution is 0.0955. The zero-order chi connectivity index (χ0) is 15.9. The van der Waals surface area contributed by atoms with Crippen LogP contribution in [0.3, 0.4) is 0 Å². The highest BCUT2D eigenvalue weighted by atomic mass is 16.5. The van der Waals surface area contributed by atoms with E-state index in [1.807, 2.05) is 57.2 Å². The number of nitrogens with one attached hydrogen (secondary N) is 1. The van der Waals surface area contributed by atoms with Crippen molar-refractivity contribution < 1.29 is 9.53 Å². The van der Waals surface area contributed by atoms with Gasteiger partial charge in [0.15, 0.2) is 0 Å². The molecule has 0 aliphatic carbocycles. The smallest absolute Gasteiger partial charge is 0.271 e. The van der Waals surface area contributed by atoms with Crippen LogP contribution in [-0.4, -0.2) is 18.2 Å². The van der Waals surface area contributed by atoms with E-state index in [1.165, 1.54) is 0 Å². The molecule has 0 aliphatic rings. The maximum atomic E-state index is 11.9. The van der Waals surface area contributed by atoms with Crippen molar-refractivity contribution in [2.24, 2.45) is 5.10 Å². The summed E-state index contributed by atoms with van der Waals surface area (Å²) in [4.78, 5) is 11.9. The molecule has 2 aromatic carbocycles. The second kappa shape index (κ2) is 7.41. The van der Waals surface area contributed by atoms with Gasteiger partial charge in [0.1, 0.15) is 5.75 Å². The summed E-state index contributed by atoms with van der Waals surface area (Å²) in [5.74, 6) is 0.551. The molecule has 0 aliphatic heterocycles. The Morgan fingerprint density at radius 1 is 1.18 bits per heavy atom. The monoisotopic (exact) mass is 296 g/mol. The molecule has 0 radical (unpaired) electrons. The third kappa shape index (κ3) is 4.74. The van der Waals surface area contributed by atoms with E-state index in [2.05, 4.69) is 10.5 Å². The van der Waals surface area contributed by atoms with Crippen molar-refractivity contribution in [3.05, 3.63) is 65.2 Å². The third-order valence-corrected chi connectivity index (χ3v) is 2.92. The molecule has 2 rings (SSSR count). The molecule has 114 valence electrons. The molecule has 2 aromatic rings. The van der Waals surface area contributed by atoms with Gasteiger partial charge in [-0.2, -0.15) is 5.10 Å².